The number of nitrogens with zero attached hydrogens (tertiary/aromatic N) is 1. The van der Waals surface area contributed by atoms with Crippen molar-refractivity contribution in [1.29, 1.82) is 0 Å². The number of anilines is 1. The molecule has 1 atom stereocenters. The van der Waals surface area contributed by atoms with Crippen LogP contribution in [0.3, 0.4) is 0 Å². The number of rotatable bonds is 2. The van der Waals surface area contributed by atoms with Gasteiger partial charge in [-0.2, -0.15) is 9.44 Å². The van der Waals surface area contributed by atoms with Crippen molar-refractivity contribution in [2.75, 3.05) is 31.2 Å². The van der Waals surface area contributed by atoms with Gasteiger partial charge < -0.3 is 10.1 Å². The van der Waals surface area contributed by atoms with E-state index in [9.17, 15) is 9.42 Å². The summed E-state index contributed by atoms with van der Waals surface area (Å²) >= 11 is -1.65. The Hall–Kier alpha value is -1.03. The van der Waals surface area contributed by atoms with E-state index < -0.39 is 16.6 Å². The molecular formula is C10H14N2O5S. The summed E-state index contributed by atoms with van der Waals surface area (Å²) in [6.45, 7) is 1.77. The summed E-state index contributed by atoms with van der Waals surface area (Å²) in [4.78, 5) is 1.99. The Balaban J connectivity index is 2.03. The molecule has 0 spiro atoms. The summed E-state index contributed by atoms with van der Waals surface area (Å²) in [7, 11) is 0. The van der Waals surface area contributed by atoms with Crippen LogP contribution in [0.2, 0.25) is 0 Å². The van der Waals surface area contributed by atoms with Gasteiger partial charge in [-0.05, 0) is 12.1 Å². The average Bonchev–Trinajstić information content (AvgIpc) is 2.34. The van der Waals surface area contributed by atoms with Gasteiger partial charge >= 0.3 is 11.4 Å². The lowest BCUT2D eigenvalue weighted by atomic mass is 10.2. The van der Waals surface area contributed by atoms with Crippen LogP contribution in [0, 0.1) is 5.21 Å². The Morgan fingerprint density at radius 2 is 1.78 bits per heavy atom. The first-order valence-electron chi connectivity index (χ1n) is 5.43. The minimum atomic E-state index is -1.65. The van der Waals surface area contributed by atoms with Crippen LogP contribution in [-0.4, -0.2) is 35.7 Å². The maximum absolute atomic E-state index is 11.0. The number of quaternary nitrogens is 1. The predicted molar refractivity (Wildman–Crippen MR) is 64.5 cm³/mol. The summed E-state index contributed by atoms with van der Waals surface area (Å²) in [5.74, 6) is 0. The van der Waals surface area contributed by atoms with E-state index in [0.717, 1.165) is 5.69 Å². The van der Waals surface area contributed by atoms with Gasteiger partial charge in [0.25, 0.3) is 0 Å². The smallest absolute Gasteiger partial charge is 0.304 e. The molecule has 1 aromatic carbocycles. The standard InChI is InChI=1S/C10H14N2O5S/c13-12(14)10-3-1-9(2-4-10)11-5-7-16-18(15)17-8-6-11/h1-4,12-13H,5-8H2. The summed E-state index contributed by atoms with van der Waals surface area (Å²) in [5, 5.41) is 18.6. The molecule has 18 heavy (non-hydrogen) atoms. The first-order chi connectivity index (χ1) is 8.66. The fourth-order valence-electron chi connectivity index (χ4n) is 1.65. The molecule has 2 N–H and O–H groups in total. The molecule has 1 aliphatic rings. The highest BCUT2D eigenvalue weighted by Gasteiger charge is 2.13. The maximum Gasteiger partial charge on any atom is 0.304 e. The zero-order valence-corrected chi connectivity index (χ0v) is 10.4. The van der Waals surface area contributed by atoms with Crippen molar-refractivity contribution in [2.24, 2.45) is 0 Å². The zero-order chi connectivity index (χ0) is 13.0. The lowest BCUT2D eigenvalue weighted by molar-refractivity contribution is -0.991. The summed E-state index contributed by atoms with van der Waals surface area (Å²) in [5.41, 5.74) is 1.14. The molecule has 1 aromatic rings. The second kappa shape index (κ2) is 6.23. The molecule has 1 heterocycles. The van der Waals surface area contributed by atoms with E-state index in [-0.39, 0.29) is 5.69 Å². The van der Waals surface area contributed by atoms with E-state index in [0.29, 0.717) is 26.3 Å². The van der Waals surface area contributed by atoms with Crippen molar-refractivity contribution in [3.63, 3.8) is 0 Å². The van der Waals surface area contributed by atoms with E-state index in [1.54, 1.807) is 24.3 Å². The largest absolute Gasteiger partial charge is 0.595 e. The third kappa shape index (κ3) is 3.48. The third-order valence-corrected chi connectivity index (χ3v) is 3.28. The molecule has 0 aromatic heterocycles. The van der Waals surface area contributed by atoms with Gasteiger partial charge in [-0.25, -0.2) is 5.21 Å². The number of benzene rings is 1. The van der Waals surface area contributed by atoms with Gasteiger partial charge in [0, 0.05) is 30.9 Å². The SMILES string of the molecule is O=S1OCCN(c2ccc([NH+]([O-])O)cc2)CCO1. The molecular weight excluding hydrogens is 260 g/mol. The maximum atomic E-state index is 11.0. The van der Waals surface area contributed by atoms with Crippen LogP contribution in [0.25, 0.3) is 0 Å². The van der Waals surface area contributed by atoms with Crippen molar-refractivity contribution < 1.29 is 23.0 Å². The quantitative estimate of drug-likeness (QED) is 0.709. The molecule has 1 unspecified atom stereocenters. The van der Waals surface area contributed by atoms with Crippen LogP contribution in [0.15, 0.2) is 24.3 Å². The molecule has 0 amide bonds. The molecule has 1 saturated heterocycles. The van der Waals surface area contributed by atoms with Crippen molar-refractivity contribution in [3.05, 3.63) is 29.5 Å². The molecule has 0 saturated carbocycles. The van der Waals surface area contributed by atoms with Crippen LogP contribution >= 0.6 is 0 Å². The molecule has 1 aliphatic heterocycles. The van der Waals surface area contributed by atoms with Crippen LogP contribution in [-0.2, 0) is 19.7 Å². The van der Waals surface area contributed by atoms with Gasteiger partial charge in [-0.3, -0.25) is 8.37 Å². The summed E-state index contributed by atoms with van der Waals surface area (Å²) < 4.78 is 20.8. The lowest BCUT2D eigenvalue weighted by Gasteiger charge is -2.26. The Bertz CT molecular complexity index is 399. The number of hydrogen-bond donors (Lipinski definition) is 2. The topological polar surface area (TPSA) is 86.5 Å². The predicted octanol–water partition coefficient (Wildman–Crippen LogP) is -0.478. The van der Waals surface area contributed by atoms with Crippen LogP contribution < -0.4 is 10.1 Å². The minimum Gasteiger partial charge on any atom is -0.595 e. The second-order valence-electron chi connectivity index (χ2n) is 3.69. The molecule has 1 fully saturated rings. The fraction of sp³-hybridized carbons (Fsp3) is 0.400. The first-order valence-corrected chi connectivity index (χ1v) is 6.43. The van der Waals surface area contributed by atoms with Crippen molar-refractivity contribution in [2.45, 2.75) is 0 Å². The van der Waals surface area contributed by atoms with Gasteiger partial charge in [0.15, 0.2) is 5.69 Å². The molecule has 8 heteroatoms. The highest BCUT2D eigenvalue weighted by atomic mass is 32.2. The Kier molecular flexibility index (Phi) is 4.64. The Labute approximate surface area is 107 Å². The highest BCUT2D eigenvalue weighted by Crippen LogP contribution is 2.16. The van der Waals surface area contributed by atoms with Gasteiger partial charge in [-0.1, -0.05) is 0 Å². The molecule has 0 radical (unpaired) electrons. The van der Waals surface area contributed by atoms with Crippen LogP contribution in [0.4, 0.5) is 11.4 Å². The van der Waals surface area contributed by atoms with Crippen LogP contribution in [0.1, 0.15) is 0 Å². The Morgan fingerprint density at radius 3 is 2.28 bits per heavy atom. The van der Waals surface area contributed by atoms with E-state index in [1.807, 2.05) is 4.90 Å². The van der Waals surface area contributed by atoms with E-state index >= 15 is 0 Å². The summed E-state index contributed by atoms with van der Waals surface area (Å²) in [6, 6.07) is 6.58. The van der Waals surface area contributed by atoms with Gasteiger partial charge in [0.05, 0.1) is 13.2 Å². The van der Waals surface area contributed by atoms with Crippen LogP contribution in [0.5, 0.6) is 0 Å². The highest BCUT2D eigenvalue weighted by molar-refractivity contribution is 7.75. The number of nitrogens with one attached hydrogen (secondary N) is 1. The molecule has 2 rings (SSSR count). The van der Waals surface area contributed by atoms with Gasteiger partial charge in [0.2, 0.25) is 0 Å². The van der Waals surface area contributed by atoms with Crippen molar-refractivity contribution in [1.82, 2.24) is 0 Å². The molecule has 0 bridgehead atoms. The lowest BCUT2D eigenvalue weighted by Crippen LogP contribution is -2.99. The zero-order valence-electron chi connectivity index (χ0n) is 9.57. The van der Waals surface area contributed by atoms with E-state index in [1.165, 1.54) is 0 Å². The summed E-state index contributed by atoms with van der Waals surface area (Å²) in [6.07, 6.45) is 0. The molecule has 0 aliphatic carbocycles. The van der Waals surface area contributed by atoms with Crippen molar-refractivity contribution in [3.8, 4) is 0 Å². The fourth-order valence-corrected chi connectivity index (χ4v) is 2.14. The second-order valence-corrected chi connectivity index (χ2v) is 4.57. The third-order valence-electron chi connectivity index (χ3n) is 2.56. The molecule has 100 valence electrons. The van der Waals surface area contributed by atoms with Gasteiger partial charge in [-0.15, -0.1) is 0 Å². The molecule has 7 nitrogen and oxygen atoms in total. The first kappa shape index (κ1) is 13.4. The Morgan fingerprint density at radius 1 is 1.22 bits per heavy atom. The normalized spacial score (nSPS) is 20.2. The van der Waals surface area contributed by atoms with Gasteiger partial charge in [0.1, 0.15) is 0 Å². The van der Waals surface area contributed by atoms with E-state index in [2.05, 4.69) is 0 Å². The monoisotopic (exact) mass is 274 g/mol. The average molecular weight is 274 g/mol. The van der Waals surface area contributed by atoms with E-state index in [4.69, 9.17) is 13.6 Å². The minimum absolute atomic E-state index is 0.249. The number of hydrogen-bond acceptors (Lipinski definition) is 6. The van der Waals surface area contributed by atoms with Crippen molar-refractivity contribution >= 4 is 22.7 Å².